The van der Waals surface area contributed by atoms with Gasteiger partial charge in [0.15, 0.2) is 5.82 Å². The Morgan fingerprint density at radius 2 is 2.05 bits per heavy atom. The number of hydrogen-bond donors (Lipinski definition) is 0. The largest absolute Gasteiger partial charge is 0.296 e. The van der Waals surface area contributed by atoms with E-state index >= 15 is 0 Å². The summed E-state index contributed by atoms with van der Waals surface area (Å²) in [6, 6.07) is 2.03. The lowest BCUT2D eigenvalue weighted by Gasteiger charge is -2.08. The van der Waals surface area contributed by atoms with Crippen molar-refractivity contribution in [2.75, 3.05) is 0 Å². The molecule has 3 rings (SSSR count). The normalized spacial score (nSPS) is 15.6. The molecule has 7 nitrogen and oxygen atoms in total. The molecule has 1 saturated carbocycles. The fourth-order valence-electron chi connectivity index (χ4n) is 2.34. The van der Waals surface area contributed by atoms with Crippen molar-refractivity contribution >= 4 is 19.7 Å². The van der Waals surface area contributed by atoms with Crippen LogP contribution >= 0.6 is 10.7 Å². The first-order valence-electron chi connectivity index (χ1n) is 6.92. The molecule has 9 heteroatoms. The predicted molar refractivity (Wildman–Crippen MR) is 77.6 cm³/mol. The summed E-state index contributed by atoms with van der Waals surface area (Å²) in [5.41, 5.74) is 1.72. The van der Waals surface area contributed by atoms with E-state index in [4.69, 9.17) is 10.7 Å². The summed E-state index contributed by atoms with van der Waals surface area (Å²) in [5, 5.41) is 12.1. The van der Waals surface area contributed by atoms with Gasteiger partial charge in [0.05, 0.1) is 5.69 Å². The first-order valence-corrected chi connectivity index (χ1v) is 9.23. The summed E-state index contributed by atoms with van der Waals surface area (Å²) >= 11 is 0. The summed E-state index contributed by atoms with van der Waals surface area (Å²) in [6.45, 7) is 4.68. The van der Waals surface area contributed by atoms with Crippen LogP contribution < -0.4 is 0 Å². The summed E-state index contributed by atoms with van der Waals surface area (Å²) in [6.07, 6.45) is 2.62. The van der Waals surface area contributed by atoms with Gasteiger partial charge in [-0.2, -0.15) is 5.10 Å². The van der Waals surface area contributed by atoms with Crippen molar-refractivity contribution in [2.45, 2.75) is 50.9 Å². The minimum atomic E-state index is -3.91. The Labute approximate surface area is 127 Å². The smallest absolute Gasteiger partial charge is 0.292 e. The minimum Gasteiger partial charge on any atom is -0.292 e. The Bertz CT molecular complexity index is 776. The van der Waals surface area contributed by atoms with Crippen molar-refractivity contribution in [1.29, 1.82) is 0 Å². The summed E-state index contributed by atoms with van der Waals surface area (Å²) in [7, 11) is 1.56. The van der Waals surface area contributed by atoms with Crippen LogP contribution in [-0.4, -0.2) is 33.0 Å². The monoisotopic (exact) mass is 329 g/mol. The molecular formula is C12H16ClN5O2S. The highest BCUT2D eigenvalue weighted by Crippen LogP contribution is 2.40. The minimum absolute atomic E-state index is 0.101. The van der Waals surface area contributed by atoms with E-state index in [0.717, 1.165) is 30.7 Å². The van der Waals surface area contributed by atoms with Gasteiger partial charge in [-0.3, -0.25) is 9.25 Å². The van der Waals surface area contributed by atoms with E-state index < -0.39 is 9.05 Å². The number of halogens is 1. The maximum atomic E-state index is 11.7. The second kappa shape index (κ2) is 5.10. The lowest BCUT2D eigenvalue weighted by molar-refractivity contribution is 0.577. The van der Waals surface area contributed by atoms with Crippen molar-refractivity contribution in [2.24, 2.45) is 0 Å². The highest BCUT2D eigenvalue weighted by Gasteiger charge is 2.35. The topological polar surface area (TPSA) is 82.7 Å². The van der Waals surface area contributed by atoms with Crippen molar-refractivity contribution in [3.05, 3.63) is 11.8 Å². The molecule has 0 aliphatic heterocycles. The van der Waals surface area contributed by atoms with Crippen molar-refractivity contribution in [3.8, 4) is 11.5 Å². The average Bonchev–Trinajstić information content (AvgIpc) is 3.03. The maximum Gasteiger partial charge on any atom is 0.296 e. The summed E-state index contributed by atoms with van der Waals surface area (Å²) in [5.74, 6) is 0.519. The predicted octanol–water partition coefficient (Wildman–Crippen LogP) is 1.99. The van der Waals surface area contributed by atoms with Gasteiger partial charge in [0, 0.05) is 23.3 Å². The fourth-order valence-corrected chi connectivity index (χ4v) is 3.27. The molecule has 1 fully saturated rings. The third-order valence-corrected chi connectivity index (χ3v) is 4.64. The van der Waals surface area contributed by atoms with Gasteiger partial charge in [-0.15, -0.1) is 10.2 Å². The molecule has 0 radical (unpaired) electrons. The molecule has 0 bridgehead atoms. The number of hydrogen-bond acceptors (Lipinski definition) is 5. The molecule has 0 aromatic carbocycles. The van der Waals surface area contributed by atoms with Gasteiger partial charge in [-0.1, -0.05) is 6.92 Å². The van der Waals surface area contributed by atoms with Crippen LogP contribution in [0.2, 0.25) is 0 Å². The molecule has 114 valence electrons. The van der Waals surface area contributed by atoms with E-state index in [-0.39, 0.29) is 11.2 Å². The number of aromatic nitrogens is 5. The molecule has 0 amide bonds. The summed E-state index contributed by atoms with van der Waals surface area (Å²) < 4.78 is 26.8. The highest BCUT2D eigenvalue weighted by atomic mass is 35.7. The molecule has 2 aromatic rings. The van der Waals surface area contributed by atoms with Crippen LogP contribution in [0.5, 0.6) is 0 Å². The molecule has 0 saturated heterocycles. The zero-order valence-electron chi connectivity index (χ0n) is 11.8. The standard InChI is InChI=1S/C12H16ClN5O2S/c1-3-8-7-10(17(4-2)16-8)11-14-15-12(21(13,19)20)18(11)9-5-6-9/h7,9H,3-6H2,1-2H3. The van der Waals surface area contributed by atoms with Crippen LogP contribution in [0.4, 0.5) is 0 Å². The summed E-state index contributed by atoms with van der Waals surface area (Å²) in [4.78, 5) is 0. The average molecular weight is 330 g/mol. The maximum absolute atomic E-state index is 11.7. The van der Waals surface area contributed by atoms with Crippen LogP contribution in [0.3, 0.4) is 0 Å². The zero-order chi connectivity index (χ0) is 15.2. The molecule has 0 unspecified atom stereocenters. The Hall–Kier alpha value is -1.41. The third kappa shape index (κ3) is 2.57. The van der Waals surface area contributed by atoms with Crippen molar-refractivity contribution < 1.29 is 8.42 Å². The number of rotatable bonds is 5. The van der Waals surface area contributed by atoms with Gasteiger partial charge in [-0.05, 0) is 32.3 Å². The first kappa shape index (κ1) is 14.5. The number of nitrogens with zero attached hydrogens (tertiary/aromatic N) is 5. The lowest BCUT2D eigenvalue weighted by Crippen LogP contribution is -2.08. The molecule has 1 aliphatic carbocycles. The lowest BCUT2D eigenvalue weighted by atomic mass is 10.3. The van der Waals surface area contributed by atoms with Crippen molar-refractivity contribution in [1.82, 2.24) is 24.5 Å². The van der Waals surface area contributed by atoms with Crippen molar-refractivity contribution in [3.63, 3.8) is 0 Å². The van der Waals surface area contributed by atoms with Crippen LogP contribution in [0.25, 0.3) is 11.5 Å². The van der Waals surface area contributed by atoms with E-state index in [2.05, 4.69) is 15.3 Å². The second-order valence-corrected chi connectivity index (χ2v) is 7.50. The Morgan fingerprint density at radius 3 is 2.57 bits per heavy atom. The molecule has 21 heavy (non-hydrogen) atoms. The van der Waals surface area contributed by atoms with E-state index in [0.29, 0.717) is 12.4 Å². The zero-order valence-corrected chi connectivity index (χ0v) is 13.4. The van der Waals surface area contributed by atoms with Gasteiger partial charge in [-0.25, -0.2) is 8.42 Å². The van der Waals surface area contributed by atoms with Crippen LogP contribution in [0, 0.1) is 0 Å². The number of aryl methyl sites for hydroxylation is 2. The van der Waals surface area contributed by atoms with Crippen LogP contribution in [-0.2, 0) is 22.0 Å². The fraction of sp³-hybridized carbons (Fsp3) is 0.583. The molecule has 0 spiro atoms. The van der Waals surface area contributed by atoms with E-state index in [9.17, 15) is 8.42 Å². The van der Waals surface area contributed by atoms with E-state index in [1.54, 1.807) is 4.57 Å². The Balaban J connectivity index is 2.19. The molecule has 1 aliphatic rings. The SMILES string of the molecule is CCc1cc(-c2nnc(S(=O)(=O)Cl)n2C2CC2)n(CC)n1. The third-order valence-electron chi connectivity index (χ3n) is 3.52. The van der Waals surface area contributed by atoms with E-state index in [1.165, 1.54) is 0 Å². The highest BCUT2D eigenvalue weighted by molar-refractivity contribution is 8.13. The molecule has 0 N–H and O–H groups in total. The van der Waals surface area contributed by atoms with Gasteiger partial charge in [0.2, 0.25) is 0 Å². The molecule has 2 aromatic heterocycles. The van der Waals surface area contributed by atoms with Gasteiger partial charge in [0.1, 0.15) is 5.69 Å². The van der Waals surface area contributed by atoms with E-state index in [1.807, 2.05) is 24.6 Å². The van der Waals surface area contributed by atoms with Crippen LogP contribution in [0.15, 0.2) is 11.2 Å². The molecular weight excluding hydrogens is 314 g/mol. The Morgan fingerprint density at radius 1 is 1.33 bits per heavy atom. The first-order chi connectivity index (χ1) is 9.95. The molecule has 2 heterocycles. The molecule has 0 atom stereocenters. The quantitative estimate of drug-likeness (QED) is 0.783. The van der Waals surface area contributed by atoms with Gasteiger partial charge in [0.25, 0.3) is 14.2 Å². The second-order valence-electron chi connectivity index (χ2n) is 5.04. The Kier molecular flexibility index (Phi) is 3.53. The van der Waals surface area contributed by atoms with Gasteiger partial charge < -0.3 is 0 Å². The van der Waals surface area contributed by atoms with Gasteiger partial charge >= 0.3 is 0 Å². The van der Waals surface area contributed by atoms with Crippen LogP contribution in [0.1, 0.15) is 38.4 Å².